The van der Waals surface area contributed by atoms with Crippen LogP contribution in [0.25, 0.3) is 10.8 Å². The standard InChI is InChI=1S/C32H22Cl2N2O4/c33-25-12-5-21(6-13-25)20-39-27-16-9-23(10-17-27)31(37)36-35-19-29-28-4-2-1-3-22(28)11-18-30(29)40-32(38)24-7-14-26(34)15-8-24/h1-19H,20H2,(H,36,37)/b35-19-. The molecule has 0 aromatic heterocycles. The lowest BCUT2D eigenvalue weighted by Gasteiger charge is -2.11. The number of hydrazone groups is 1. The molecule has 8 heteroatoms. The summed E-state index contributed by atoms with van der Waals surface area (Å²) in [5.74, 6) is -0.0128. The molecule has 1 N–H and O–H groups in total. The molecule has 0 bridgehead atoms. The molecule has 0 saturated heterocycles. The lowest BCUT2D eigenvalue weighted by molar-refractivity contribution is 0.0734. The van der Waals surface area contributed by atoms with Crippen LogP contribution < -0.4 is 14.9 Å². The van der Waals surface area contributed by atoms with Gasteiger partial charge in [0.05, 0.1) is 11.8 Å². The van der Waals surface area contributed by atoms with Gasteiger partial charge in [0.15, 0.2) is 0 Å². The highest BCUT2D eigenvalue weighted by atomic mass is 35.5. The van der Waals surface area contributed by atoms with Crippen LogP contribution in [-0.4, -0.2) is 18.1 Å². The number of amides is 1. The topological polar surface area (TPSA) is 77.0 Å². The van der Waals surface area contributed by atoms with E-state index in [1.165, 1.54) is 6.21 Å². The average molecular weight is 569 g/mol. The Hall–Kier alpha value is -4.65. The summed E-state index contributed by atoms with van der Waals surface area (Å²) in [5, 5.41) is 7.07. The maximum atomic E-state index is 12.8. The molecule has 6 nitrogen and oxygen atoms in total. The van der Waals surface area contributed by atoms with Gasteiger partial charge in [-0.2, -0.15) is 5.10 Å². The number of nitrogens with zero attached hydrogens (tertiary/aromatic N) is 1. The summed E-state index contributed by atoms with van der Waals surface area (Å²) < 4.78 is 11.5. The summed E-state index contributed by atoms with van der Waals surface area (Å²) in [4.78, 5) is 25.5. The van der Waals surface area contributed by atoms with Crippen molar-refractivity contribution in [3.05, 3.63) is 141 Å². The van der Waals surface area contributed by atoms with Crippen molar-refractivity contribution in [1.29, 1.82) is 0 Å². The third-order valence-corrected chi connectivity index (χ3v) is 6.51. The van der Waals surface area contributed by atoms with E-state index in [4.69, 9.17) is 32.7 Å². The number of hydrogen-bond acceptors (Lipinski definition) is 5. The van der Waals surface area contributed by atoms with E-state index in [0.29, 0.717) is 44.8 Å². The van der Waals surface area contributed by atoms with Crippen LogP contribution in [0.15, 0.2) is 114 Å². The molecule has 5 aromatic rings. The summed E-state index contributed by atoms with van der Waals surface area (Å²) in [6, 6.07) is 31.7. The molecule has 1 amide bonds. The van der Waals surface area contributed by atoms with Gasteiger partial charge in [-0.3, -0.25) is 4.79 Å². The highest BCUT2D eigenvalue weighted by molar-refractivity contribution is 6.30. The van der Waals surface area contributed by atoms with Gasteiger partial charge < -0.3 is 9.47 Å². The third kappa shape index (κ3) is 6.67. The van der Waals surface area contributed by atoms with Gasteiger partial charge in [0.2, 0.25) is 0 Å². The molecular formula is C32H22Cl2N2O4. The van der Waals surface area contributed by atoms with Gasteiger partial charge in [0.1, 0.15) is 18.1 Å². The number of fused-ring (bicyclic) bond motifs is 1. The van der Waals surface area contributed by atoms with E-state index >= 15 is 0 Å². The fourth-order valence-electron chi connectivity index (χ4n) is 3.91. The first kappa shape index (κ1) is 26.9. The number of ether oxygens (including phenoxy) is 2. The summed E-state index contributed by atoms with van der Waals surface area (Å²) in [7, 11) is 0. The normalized spacial score (nSPS) is 10.9. The molecule has 40 heavy (non-hydrogen) atoms. The second-order valence-electron chi connectivity index (χ2n) is 8.73. The molecule has 0 fully saturated rings. The van der Waals surface area contributed by atoms with Crippen LogP contribution in [0.3, 0.4) is 0 Å². The monoisotopic (exact) mass is 568 g/mol. The van der Waals surface area contributed by atoms with E-state index < -0.39 is 11.9 Å². The number of halogens is 2. The van der Waals surface area contributed by atoms with Crippen molar-refractivity contribution in [2.45, 2.75) is 6.61 Å². The largest absolute Gasteiger partial charge is 0.489 e. The molecule has 5 rings (SSSR count). The summed E-state index contributed by atoms with van der Waals surface area (Å²) in [6.45, 7) is 0.378. The second-order valence-corrected chi connectivity index (χ2v) is 9.61. The van der Waals surface area contributed by atoms with Gasteiger partial charge in [0, 0.05) is 21.2 Å². The van der Waals surface area contributed by atoms with Crippen molar-refractivity contribution < 1.29 is 19.1 Å². The number of carbonyl (C=O) groups excluding carboxylic acids is 2. The Bertz CT molecular complexity index is 1680. The third-order valence-electron chi connectivity index (χ3n) is 6.01. The Kier molecular flexibility index (Phi) is 8.40. The van der Waals surface area contributed by atoms with Gasteiger partial charge in [-0.1, -0.05) is 65.7 Å². The number of rotatable bonds is 8. The van der Waals surface area contributed by atoms with Crippen molar-refractivity contribution in [2.24, 2.45) is 5.10 Å². The molecule has 0 aliphatic carbocycles. The number of hydrogen-bond donors (Lipinski definition) is 1. The van der Waals surface area contributed by atoms with E-state index in [-0.39, 0.29) is 0 Å². The Morgan fingerprint density at radius 1 is 0.750 bits per heavy atom. The first-order chi connectivity index (χ1) is 19.5. The first-order valence-corrected chi connectivity index (χ1v) is 13.0. The van der Waals surface area contributed by atoms with Crippen LogP contribution in [-0.2, 0) is 6.61 Å². The van der Waals surface area contributed by atoms with Crippen LogP contribution in [0.1, 0.15) is 31.8 Å². The smallest absolute Gasteiger partial charge is 0.343 e. The van der Waals surface area contributed by atoms with Crippen molar-refractivity contribution in [2.75, 3.05) is 0 Å². The van der Waals surface area contributed by atoms with Crippen LogP contribution >= 0.6 is 23.2 Å². The van der Waals surface area contributed by atoms with E-state index in [2.05, 4.69) is 10.5 Å². The molecule has 0 atom stereocenters. The predicted octanol–water partition coefficient (Wildman–Crippen LogP) is 7.71. The van der Waals surface area contributed by atoms with Gasteiger partial charge in [0.25, 0.3) is 5.91 Å². The minimum atomic E-state index is -0.538. The molecule has 0 aliphatic heterocycles. The Balaban J connectivity index is 1.28. The first-order valence-electron chi connectivity index (χ1n) is 12.3. The quantitative estimate of drug-likeness (QED) is 0.0899. The summed E-state index contributed by atoms with van der Waals surface area (Å²) in [5.41, 5.74) is 4.82. The lowest BCUT2D eigenvalue weighted by Crippen LogP contribution is -2.17. The van der Waals surface area contributed by atoms with Gasteiger partial charge in [-0.25, -0.2) is 10.2 Å². The SMILES string of the molecule is O=C(N/N=C\c1c(OC(=O)c2ccc(Cl)cc2)ccc2ccccc12)c1ccc(OCc2ccc(Cl)cc2)cc1. The fraction of sp³-hybridized carbons (Fsp3) is 0.0312. The molecule has 0 unspecified atom stereocenters. The molecule has 0 aliphatic rings. The van der Waals surface area contributed by atoms with Crippen LogP contribution in [0.5, 0.6) is 11.5 Å². The maximum Gasteiger partial charge on any atom is 0.343 e. The Labute approximate surface area is 240 Å². The van der Waals surface area contributed by atoms with Crippen molar-refractivity contribution in [3.63, 3.8) is 0 Å². The van der Waals surface area contributed by atoms with E-state index in [9.17, 15) is 9.59 Å². The van der Waals surface area contributed by atoms with Crippen molar-refractivity contribution in [3.8, 4) is 11.5 Å². The maximum absolute atomic E-state index is 12.8. The van der Waals surface area contributed by atoms with E-state index in [1.807, 2.05) is 42.5 Å². The van der Waals surface area contributed by atoms with Gasteiger partial charge >= 0.3 is 5.97 Å². The molecule has 198 valence electrons. The second kappa shape index (κ2) is 12.5. The van der Waals surface area contributed by atoms with E-state index in [0.717, 1.165) is 16.3 Å². The molecular weight excluding hydrogens is 547 g/mol. The van der Waals surface area contributed by atoms with Crippen molar-refractivity contribution >= 4 is 52.1 Å². The zero-order valence-electron chi connectivity index (χ0n) is 21.0. The molecule has 5 aromatic carbocycles. The van der Waals surface area contributed by atoms with Gasteiger partial charge in [-0.15, -0.1) is 0 Å². The fourth-order valence-corrected chi connectivity index (χ4v) is 4.16. The van der Waals surface area contributed by atoms with Crippen LogP contribution in [0.4, 0.5) is 0 Å². The average Bonchev–Trinajstić information content (AvgIpc) is 2.98. The zero-order chi connectivity index (χ0) is 27.9. The Morgan fingerprint density at radius 3 is 2.12 bits per heavy atom. The number of benzene rings is 5. The predicted molar refractivity (Wildman–Crippen MR) is 158 cm³/mol. The highest BCUT2D eigenvalue weighted by Crippen LogP contribution is 2.27. The summed E-state index contributed by atoms with van der Waals surface area (Å²) in [6.07, 6.45) is 1.47. The van der Waals surface area contributed by atoms with Gasteiger partial charge in [-0.05, 0) is 83.1 Å². The molecule has 0 spiro atoms. The van der Waals surface area contributed by atoms with Crippen LogP contribution in [0.2, 0.25) is 10.0 Å². The lowest BCUT2D eigenvalue weighted by atomic mass is 10.0. The number of nitrogens with one attached hydrogen (secondary N) is 1. The molecule has 0 radical (unpaired) electrons. The Morgan fingerprint density at radius 2 is 1.40 bits per heavy atom. The van der Waals surface area contributed by atoms with Crippen LogP contribution in [0, 0.1) is 0 Å². The minimum Gasteiger partial charge on any atom is -0.489 e. The highest BCUT2D eigenvalue weighted by Gasteiger charge is 2.14. The molecule has 0 heterocycles. The number of carbonyl (C=O) groups is 2. The van der Waals surface area contributed by atoms with Crippen molar-refractivity contribution in [1.82, 2.24) is 5.43 Å². The molecule has 0 saturated carbocycles. The minimum absolute atomic E-state index is 0.304. The zero-order valence-corrected chi connectivity index (χ0v) is 22.5. The number of esters is 1. The summed E-state index contributed by atoms with van der Waals surface area (Å²) >= 11 is 11.8. The van der Waals surface area contributed by atoms with E-state index in [1.54, 1.807) is 66.7 Å².